The second kappa shape index (κ2) is 10.9. The van der Waals surface area contributed by atoms with E-state index in [1.54, 1.807) is 17.0 Å². The molecule has 1 unspecified atom stereocenters. The van der Waals surface area contributed by atoms with Crippen LogP contribution in [0.15, 0.2) is 53.7 Å². The molecule has 1 fully saturated rings. The van der Waals surface area contributed by atoms with Gasteiger partial charge in [0.1, 0.15) is 16.8 Å². The Hall–Kier alpha value is -3.37. The summed E-state index contributed by atoms with van der Waals surface area (Å²) >= 11 is 1.15. The van der Waals surface area contributed by atoms with E-state index in [1.165, 1.54) is 12.3 Å². The predicted molar refractivity (Wildman–Crippen MR) is 135 cm³/mol. The van der Waals surface area contributed by atoms with E-state index in [0.29, 0.717) is 29.9 Å². The molecule has 0 spiro atoms. The lowest BCUT2D eigenvalue weighted by Crippen LogP contribution is -2.56. The maximum absolute atomic E-state index is 13.5. The third-order valence-corrected chi connectivity index (χ3v) is 7.22. The summed E-state index contributed by atoms with van der Waals surface area (Å²) in [5.74, 6) is -1.50. The van der Waals surface area contributed by atoms with Crippen molar-refractivity contribution in [2.75, 3.05) is 31.9 Å². The van der Waals surface area contributed by atoms with Crippen molar-refractivity contribution in [2.24, 2.45) is 0 Å². The zero-order valence-electron chi connectivity index (χ0n) is 19.7. The molecule has 1 aliphatic heterocycles. The standard InChI is InChI=1S/C25H29N5O4S/c1-16(2)29-10-12-30(13-11-29)24(32)21(15-35-23-18(25(33)34)7-5-9-26-23)28-22(31)20-14-17-6-3-4-8-19(17)27-20/h3-9,14,16,21,27H,10-13,15H2,1-2H3,(H,28,31)(H,33,34). The fraction of sp³-hybridized carbons (Fsp3) is 0.360. The van der Waals surface area contributed by atoms with E-state index in [0.717, 1.165) is 35.8 Å². The monoisotopic (exact) mass is 495 g/mol. The summed E-state index contributed by atoms with van der Waals surface area (Å²) in [5.41, 5.74) is 1.26. The first-order valence-corrected chi connectivity index (χ1v) is 12.5. The van der Waals surface area contributed by atoms with Crippen molar-refractivity contribution in [3.8, 4) is 0 Å². The van der Waals surface area contributed by atoms with E-state index in [-0.39, 0.29) is 23.1 Å². The molecule has 0 radical (unpaired) electrons. The van der Waals surface area contributed by atoms with Gasteiger partial charge in [-0.1, -0.05) is 18.2 Å². The van der Waals surface area contributed by atoms with Gasteiger partial charge in [-0.2, -0.15) is 0 Å². The highest BCUT2D eigenvalue weighted by atomic mass is 32.2. The van der Waals surface area contributed by atoms with E-state index in [4.69, 9.17) is 0 Å². The van der Waals surface area contributed by atoms with Gasteiger partial charge < -0.3 is 20.3 Å². The Labute approximate surface area is 207 Å². The molecule has 35 heavy (non-hydrogen) atoms. The van der Waals surface area contributed by atoms with Gasteiger partial charge in [-0.05, 0) is 38.1 Å². The topological polar surface area (TPSA) is 119 Å². The first-order chi connectivity index (χ1) is 16.8. The number of carboxylic acid groups (broad SMARTS) is 1. The molecule has 4 rings (SSSR count). The number of nitrogens with one attached hydrogen (secondary N) is 2. The lowest BCUT2D eigenvalue weighted by Gasteiger charge is -2.38. The molecule has 1 saturated heterocycles. The van der Waals surface area contributed by atoms with Crippen molar-refractivity contribution in [1.82, 2.24) is 25.1 Å². The van der Waals surface area contributed by atoms with Gasteiger partial charge in [0, 0.05) is 55.1 Å². The fourth-order valence-corrected chi connectivity index (χ4v) is 5.11. The molecule has 3 N–H and O–H groups in total. The Morgan fingerprint density at radius 3 is 2.54 bits per heavy atom. The highest BCUT2D eigenvalue weighted by Crippen LogP contribution is 2.22. The number of pyridine rings is 1. The van der Waals surface area contributed by atoms with Crippen LogP contribution in [-0.4, -0.2) is 86.7 Å². The average Bonchev–Trinajstić information content (AvgIpc) is 3.31. The van der Waals surface area contributed by atoms with E-state index in [2.05, 4.69) is 34.0 Å². The number of carbonyl (C=O) groups is 3. The van der Waals surface area contributed by atoms with E-state index >= 15 is 0 Å². The fourth-order valence-electron chi connectivity index (χ4n) is 4.12. The number of carbonyl (C=O) groups excluding carboxylic acids is 2. The maximum Gasteiger partial charge on any atom is 0.338 e. The number of hydrogen-bond donors (Lipinski definition) is 3. The third kappa shape index (κ3) is 5.83. The van der Waals surface area contributed by atoms with Gasteiger partial charge in [-0.25, -0.2) is 9.78 Å². The maximum atomic E-state index is 13.5. The number of aromatic carboxylic acids is 1. The van der Waals surface area contributed by atoms with Crippen molar-refractivity contribution in [3.63, 3.8) is 0 Å². The number of H-pyrrole nitrogens is 1. The van der Waals surface area contributed by atoms with Gasteiger partial charge in [-0.15, -0.1) is 11.8 Å². The number of aromatic nitrogens is 2. The first-order valence-electron chi connectivity index (χ1n) is 11.6. The van der Waals surface area contributed by atoms with Crippen molar-refractivity contribution in [2.45, 2.75) is 31.0 Å². The van der Waals surface area contributed by atoms with E-state index in [9.17, 15) is 19.5 Å². The number of fused-ring (bicyclic) bond motifs is 1. The largest absolute Gasteiger partial charge is 0.478 e. The molecule has 9 nitrogen and oxygen atoms in total. The van der Waals surface area contributed by atoms with Crippen molar-refractivity contribution in [3.05, 3.63) is 59.9 Å². The second-order valence-corrected chi connectivity index (χ2v) is 9.73. The lowest BCUT2D eigenvalue weighted by atomic mass is 10.2. The highest BCUT2D eigenvalue weighted by Gasteiger charge is 2.30. The summed E-state index contributed by atoms with van der Waals surface area (Å²) in [6, 6.07) is 11.9. The summed E-state index contributed by atoms with van der Waals surface area (Å²) in [5, 5.41) is 13.6. The quantitative estimate of drug-likeness (QED) is 0.411. The minimum Gasteiger partial charge on any atom is -0.478 e. The lowest BCUT2D eigenvalue weighted by molar-refractivity contribution is -0.134. The van der Waals surface area contributed by atoms with Crippen LogP contribution in [0.5, 0.6) is 0 Å². The minimum atomic E-state index is -1.09. The molecule has 2 aromatic heterocycles. The molecule has 3 aromatic rings. The number of para-hydroxylation sites is 1. The Morgan fingerprint density at radius 2 is 1.86 bits per heavy atom. The van der Waals surface area contributed by atoms with Crippen LogP contribution in [0.4, 0.5) is 0 Å². The van der Waals surface area contributed by atoms with E-state index in [1.807, 2.05) is 24.3 Å². The molecule has 0 bridgehead atoms. The molecule has 0 saturated carbocycles. The molecular weight excluding hydrogens is 466 g/mol. The second-order valence-electron chi connectivity index (χ2n) is 8.72. The van der Waals surface area contributed by atoms with E-state index < -0.39 is 12.0 Å². The van der Waals surface area contributed by atoms with Crippen LogP contribution in [0.1, 0.15) is 34.7 Å². The van der Waals surface area contributed by atoms with Crippen LogP contribution in [0.25, 0.3) is 10.9 Å². The van der Waals surface area contributed by atoms with Crippen LogP contribution in [0, 0.1) is 0 Å². The molecule has 1 atom stereocenters. The smallest absolute Gasteiger partial charge is 0.338 e. The van der Waals surface area contributed by atoms with Gasteiger partial charge in [0.15, 0.2) is 0 Å². The Kier molecular flexibility index (Phi) is 7.72. The molecule has 10 heteroatoms. The zero-order valence-corrected chi connectivity index (χ0v) is 20.5. The van der Waals surface area contributed by atoms with Gasteiger partial charge in [0.2, 0.25) is 5.91 Å². The van der Waals surface area contributed by atoms with Crippen molar-refractivity contribution < 1.29 is 19.5 Å². The van der Waals surface area contributed by atoms with Crippen LogP contribution in [-0.2, 0) is 4.79 Å². The molecule has 3 heterocycles. The summed E-state index contributed by atoms with van der Waals surface area (Å²) in [7, 11) is 0. The molecule has 1 aliphatic rings. The number of thioether (sulfide) groups is 1. The van der Waals surface area contributed by atoms with Crippen LogP contribution in [0.2, 0.25) is 0 Å². The molecule has 184 valence electrons. The van der Waals surface area contributed by atoms with Crippen LogP contribution in [0.3, 0.4) is 0 Å². The minimum absolute atomic E-state index is 0.0659. The van der Waals surface area contributed by atoms with Gasteiger partial charge in [0.25, 0.3) is 5.91 Å². The first kappa shape index (κ1) is 24.7. The average molecular weight is 496 g/mol. The van der Waals surface area contributed by atoms with Crippen molar-refractivity contribution >= 4 is 40.4 Å². The Bertz CT molecular complexity index is 1190. The number of hydrogen-bond acceptors (Lipinski definition) is 6. The van der Waals surface area contributed by atoms with Gasteiger partial charge in [-0.3, -0.25) is 14.5 Å². The zero-order chi connectivity index (χ0) is 24.9. The molecular formula is C25H29N5O4S. The normalized spacial score (nSPS) is 15.3. The number of nitrogens with zero attached hydrogens (tertiary/aromatic N) is 3. The van der Waals surface area contributed by atoms with Gasteiger partial charge >= 0.3 is 5.97 Å². The molecule has 0 aliphatic carbocycles. The van der Waals surface area contributed by atoms with Crippen molar-refractivity contribution in [1.29, 1.82) is 0 Å². The Balaban J connectivity index is 1.52. The number of benzene rings is 1. The molecule has 1 aromatic carbocycles. The summed E-state index contributed by atoms with van der Waals surface area (Å²) in [4.78, 5) is 49.5. The summed E-state index contributed by atoms with van der Waals surface area (Å²) in [6.07, 6.45) is 1.51. The summed E-state index contributed by atoms with van der Waals surface area (Å²) in [6.45, 7) is 6.94. The number of amides is 2. The number of piperazine rings is 1. The Morgan fingerprint density at radius 1 is 1.11 bits per heavy atom. The SMILES string of the molecule is CC(C)N1CCN(C(=O)C(CSc2ncccc2C(=O)O)NC(=O)c2cc3ccccc3[nH]2)CC1. The van der Waals surface area contributed by atoms with Gasteiger partial charge in [0.05, 0.1) is 5.56 Å². The summed E-state index contributed by atoms with van der Waals surface area (Å²) < 4.78 is 0. The number of rotatable bonds is 8. The van der Waals surface area contributed by atoms with Crippen LogP contribution >= 0.6 is 11.8 Å². The molecule has 2 amide bonds. The number of carboxylic acids is 1. The third-order valence-electron chi connectivity index (χ3n) is 6.12. The van der Waals surface area contributed by atoms with Crippen LogP contribution < -0.4 is 5.32 Å². The number of aromatic amines is 1. The predicted octanol–water partition coefficient (Wildman–Crippen LogP) is 2.70. The highest BCUT2D eigenvalue weighted by molar-refractivity contribution is 7.99.